The van der Waals surface area contributed by atoms with E-state index in [1.165, 1.54) is 7.11 Å². The van der Waals surface area contributed by atoms with Crippen LogP contribution in [0, 0.1) is 22.7 Å². The standard InChI is InChI=1S/C51H60O13/c1-48(2)39-25-26-51(48,56)43(64-47(54)37-19-13-8-14-20-37)27-40-49(3,45(52)44(39)63-32-57-4)41(62-33-59-29-34-15-9-6-10-16-34)28-42(60-30-35-21-23-38(58-5)24-22-35)50(40,55)31-61-46(53)36-17-11-7-12-18-36/h6-24,39-44,55-56H,25-33H2,1-5H3/t39-,40+,41+,42-,43+,44-,49+,50-,51-/m1/s1. The first kappa shape index (κ1) is 47.0. The van der Waals surface area contributed by atoms with E-state index in [1.807, 2.05) is 56.3 Å². The van der Waals surface area contributed by atoms with Gasteiger partial charge in [-0.2, -0.15) is 0 Å². The molecule has 2 N–H and O–H groups in total. The first-order chi connectivity index (χ1) is 30.8. The topological polar surface area (TPSA) is 166 Å². The first-order valence-corrected chi connectivity index (χ1v) is 21.8. The molecule has 3 saturated carbocycles. The van der Waals surface area contributed by atoms with Gasteiger partial charge in [-0.25, -0.2) is 9.59 Å². The summed E-state index contributed by atoms with van der Waals surface area (Å²) in [4.78, 5) is 43.8. The van der Waals surface area contributed by atoms with Crippen molar-refractivity contribution in [2.45, 2.75) is 95.3 Å². The van der Waals surface area contributed by atoms with Crippen LogP contribution in [0.1, 0.15) is 78.3 Å². The highest BCUT2D eigenvalue weighted by molar-refractivity contribution is 5.91. The third kappa shape index (κ3) is 9.39. The number of esters is 2. The highest BCUT2D eigenvalue weighted by Crippen LogP contribution is 2.61. The third-order valence-corrected chi connectivity index (χ3v) is 14.1. The molecule has 0 spiro atoms. The van der Waals surface area contributed by atoms with Gasteiger partial charge in [-0.05, 0) is 73.7 Å². The summed E-state index contributed by atoms with van der Waals surface area (Å²) in [6.07, 6.45) is -4.49. The summed E-state index contributed by atoms with van der Waals surface area (Å²) in [6.45, 7) is 4.52. The predicted molar refractivity (Wildman–Crippen MR) is 234 cm³/mol. The molecule has 3 fully saturated rings. The van der Waals surface area contributed by atoms with Gasteiger partial charge >= 0.3 is 11.9 Å². The smallest absolute Gasteiger partial charge is 0.338 e. The lowest BCUT2D eigenvalue weighted by Crippen LogP contribution is -2.70. The minimum Gasteiger partial charge on any atom is -0.497 e. The maximum Gasteiger partial charge on any atom is 0.338 e. The number of ketones is 1. The molecule has 7 rings (SSSR count). The molecular formula is C51H60O13. The van der Waals surface area contributed by atoms with Crippen LogP contribution in [0.3, 0.4) is 0 Å². The molecule has 64 heavy (non-hydrogen) atoms. The highest BCUT2D eigenvalue weighted by atomic mass is 16.7. The fourth-order valence-electron chi connectivity index (χ4n) is 10.3. The second kappa shape index (κ2) is 20.0. The van der Waals surface area contributed by atoms with Crippen LogP contribution >= 0.6 is 0 Å². The molecule has 0 unspecified atom stereocenters. The Morgan fingerprint density at radius 2 is 1.28 bits per heavy atom. The van der Waals surface area contributed by atoms with E-state index in [1.54, 1.807) is 86.8 Å². The van der Waals surface area contributed by atoms with Gasteiger partial charge < -0.3 is 48.1 Å². The van der Waals surface area contributed by atoms with Crippen LogP contribution in [0.5, 0.6) is 5.75 Å². The molecule has 4 aromatic rings. The number of methoxy groups -OCH3 is 2. The number of carbonyl (C=O) groups is 3. The fraction of sp³-hybridized carbons (Fsp3) is 0.471. The van der Waals surface area contributed by atoms with E-state index in [0.717, 1.165) is 11.1 Å². The summed E-state index contributed by atoms with van der Waals surface area (Å²) < 4.78 is 49.0. The summed E-state index contributed by atoms with van der Waals surface area (Å²) in [6, 6.07) is 33.6. The maximum absolute atomic E-state index is 15.9. The van der Waals surface area contributed by atoms with Crippen LogP contribution < -0.4 is 4.74 Å². The molecule has 0 saturated heterocycles. The molecule has 13 heteroatoms. The number of benzene rings is 4. The Morgan fingerprint density at radius 1 is 0.672 bits per heavy atom. The minimum atomic E-state index is -2.17. The first-order valence-electron chi connectivity index (χ1n) is 21.8. The van der Waals surface area contributed by atoms with Crippen LogP contribution in [0.2, 0.25) is 0 Å². The molecule has 9 atom stereocenters. The van der Waals surface area contributed by atoms with Gasteiger partial charge in [0.15, 0.2) is 5.78 Å². The Labute approximate surface area is 374 Å². The van der Waals surface area contributed by atoms with Gasteiger partial charge in [0.1, 0.15) is 49.4 Å². The molecule has 13 nitrogen and oxygen atoms in total. The van der Waals surface area contributed by atoms with Crippen LogP contribution in [0.15, 0.2) is 115 Å². The maximum atomic E-state index is 15.9. The van der Waals surface area contributed by atoms with Crippen molar-refractivity contribution in [3.8, 4) is 5.75 Å². The minimum absolute atomic E-state index is 0.00322. The molecule has 0 amide bonds. The largest absolute Gasteiger partial charge is 0.497 e. The normalized spacial score (nSPS) is 29.7. The summed E-state index contributed by atoms with van der Waals surface area (Å²) in [5.41, 5.74) is -4.51. The monoisotopic (exact) mass is 880 g/mol. The molecule has 0 aromatic heterocycles. The summed E-state index contributed by atoms with van der Waals surface area (Å²) in [5.74, 6) is -3.05. The van der Waals surface area contributed by atoms with Crippen molar-refractivity contribution >= 4 is 17.7 Å². The summed E-state index contributed by atoms with van der Waals surface area (Å²) in [5, 5.41) is 26.8. The molecular weight excluding hydrogens is 821 g/mol. The van der Waals surface area contributed by atoms with Gasteiger partial charge in [0.25, 0.3) is 0 Å². The van der Waals surface area contributed by atoms with Crippen molar-refractivity contribution in [1.82, 2.24) is 0 Å². The van der Waals surface area contributed by atoms with Crippen molar-refractivity contribution in [2.75, 3.05) is 34.4 Å². The van der Waals surface area contributed by atoms with Crippen LogP contribution in [0.25, 0.3) is 0 Å². The van der Waals surface area contributed by atoms with Gasteiger partial charge in [-0.15, -0.1) is 0 Å². The van der Waals surface area contributed by atoms with Crippen LogP contribution in [-0.4, -0.2) is 98.0 Å². The second-order valence-corrected chi connectivity index (χ2v) is 17.9. The number of ether oxygens (including phenoxy) is 8. The lowest BCUT2D eigenvalue weighted by molar-refractivity contribution is -0.267. The fourth-order valence-corrected chi connectivity index (χ4v) is 10.3. The zero-order valence-corrected chi connectivity index (χ0v) is 37.2. The Hall–Kier alpha value is -4.99. The SMILES string of the molecule is COCO[C@H]1C(=O)[C@]2(C)[C@@H](OCOCc3ccccc3)C[C@@H](OCc3ccc(OC)cc3)[C@@](O)(COC(=O)c3ccccc3)[C@H]2C[C@H](OC(=O)c2ccccc2)[C@]2(O)CC[C@H]1C2(C)C. The highest BCUT2D eigenvalue weighted by Gasteiger charge is 2.71. The van der Waals surface area contributed by atoms with E-state index >= 15 is 4.79 Å². The van der Waals surface area contributed by atoms with Crippen LogP contribution in [-0.2, 0) is 51.2 Å². The third-order valence-electron chi connectivity index (χ3n) is 14.1. The average molecular weight is 881 g/mol. The molecule has 0 aliphatic heterocycles. The zero-order chi connectivity index (χ0) is 45.5. The zero-order valence-electron chi connectivity index (χ0n) is 37.2. The molecule has 0 radical (unpaired) electrons. The van der Waals surface area contributed by atoms with E-state index in [-0.39, 0.29) is 57.2 Å². The van der Waals surface area contributed by atoms with Gasteiger partial charge in [0.2, 0.25) is 0 Å². The molecule has 4 aromatic carbocycles. The average Bonchev–Trinajstić information content (AvgIpc) is 3.56. The van der Waals surface area contributed by atoms with Gasteiger partial charge in [-0.3, -0.25) is 4.79 Å². The number of rotatable bonds is 17. The Kier molecular flexibility index (Phi) is 14.7. The molecule has 0 heterocycles. The molecule has 3 aliphatic carbocycles. The predicted octanol–water partition coefficient (Wildman–Crippen LogP) is 7.11. The van der Waals surface area contributed by atoms with E-state index < -0.39 is 82.6 Å². The Balaban J connectivity index is 1.37. The van der Waals surface area contributed by atoms with Crippen molar-refractivity contribution in [2.24, 2.45) is 22.7 Å². The second-order valence-electron chi connectivity index (χ2n) is 17.9. The van der Waals surface area contributed by atoms with E-state index in [4.69, 9.17) is 37.9 Å². The lowest BCUT2D eigenvalue weighted by atomic mass is 9.53. The summed E-state index contributed by atoms with van der Waals surface area (Å²) >= 11 is 0. The van der Waals surface area contributed by atoms with Gasteiger partial charge in [0, 0.05) is 30.8 Å². The van der Waals surface area contributed by atoms with Crippen molar-refractivity contribution in [1.29, 1.82) is 0 Å². The van der Waals surface area contributed by atoms with Crippen molar-refractivity contribution < 1.29 is 62.5 Å². The molecule has 2 bridgehead atoms. The van der Waals surface area contributed by atoms with Crippen molar-refractivity contribution in [3.05, 3.63) is 138 Å². The number of hydrogen-bond donors (Lipinski definition) is 2. The lowest BCUT2D eigenvalue weighted by Gasteiger charge is -2.57. The Morgan fingerprint density at radius 3 is 1.91 bits per heavy atom. The number of carbonyl (C=O) groups excluding carboxylic acids is 3. The van der Waals surface area contributed by atoms with E-state index in [0.29, 0.717) is 12.2 Å². The Bertz CT molecular complexity index is 2170. The van der Waals surface area contributed by atoms with E-state index in [9.17, 15) is 19.8 Å². The quantitative estimate of drug-likeness (QED) is 0.0627. The van der Waals surface area contributed by atoms with Gasteiger partial charge in [0.05, 0.1) is 49.1 Å². The number of Topliss-reactive ketones (excluding diaryl/α,β-unsaturated/α-hetero) is 1. The number of hydrogen-bond acceptors (Lipinski definition) is 13. The summed E-state index contributed by atoms with van der Waals surface area (Å²) in [7, 11) is 3.03. The molecule has 3 aliphatic rings. The van der Waals surface area contributed by atoms with Crippen LogP contribution in [0.4, 0.5) is 0 Å². The van der Waals surface area contributed by atoms with E-state index in [2.05, 4.69) is 0 Å². The molecule has 342 valence electrons. The number of fused-ring (bicyclic) bond motifs is 3. The van der Waals surface area contributed by atoms with Gasteiger partial charge in [-0.1, -0.05) is 92.7 Å². The van der Waals surface area contributed by atoms with Crippen molar-refractivity contribution in [3.63, 3.8) is 0 Å². The number of aliphatic hydroxyl groups is 2.